The van der Waals surface area contributed by atoms with Crippen molar-refractivity contribution in [3.05, 3.63) is 114 Å². The fourth-order valence-electron chi connectivity index (χ4n) is 5.23. The lowest BCUT2D eigenvalue weighted by Crippen LogP contribution is -2.53. The van der Waals surface area contributed by atoms with Crippen LogP contribution in [0.25, 0.3) is 0 Å². The Balaban J connectivity index is 1.36. The molecule has 4 aromatic rings. The molecule has 3 atom stereocenters. The molecule has 222 valence electrons. The Kier molecular flexibility index (Phi) is 9.34. The van der Waals surface area contributed by atoms with Gasteiger partial charge in [-0.3, -0.25) is 19.5 Å². The number of likely N-dealkylation sites (N-methyl/N-ethyl adjacent to an activating group) is 1. The summed E-state index contributed by atoms with van der Waals surface area (Å²) in [7, 11) is 2.00. The van der Waals surface area contributed by atoms with Crippen LogP contribution in [-0.2, 0) is 6.54 Å². The molecule has 1 aliphatic rings. The lowest BCUT2D eigenvalue weighted by Gasteiger charge is -2.36. The van der Waals surface area contributed by atoms with E-state index in [0.717, 1.165) is 17.1 Å². The predicted molar refractivity (Wildman–Crippen MR) is 165 cm³/mol. The molecule has 0 saturated heterocycles. The van der Waals surface area contributed by atoms with Crippen LogP contribution < -0.4 is 14.8 Å². The third kappa shape index (κ3) is 7.02. The number of para-hydroxylation sites is 2. The molecule has 0 spiro atoms. The van der Waals surface area contributed by atoms with Gasteiger partial charge in [-0.2, -0.15) is 0 Å². The largest absolute Gasteiger partial charge is 0.484 e. The SMILES string of the molecule is C[C@@H](CO)N1C(=O)c2cccc(NC(=O)c3ccncc3)c2O[C@H](CN(C)Cc2ccc(Oc3ccccc3)cc2)[C@@H]1C. The van der Waals surface area contributed by atoms with E-state index in [9.17, 15) is 14.7 Å². The molecule has 0 aliphatic carbocycles. The normalized spacial score (nSPS) is 17.0. The monoisotopic (exact) mass is 580 g/mol. The average Bonchev–Trinajstić information content (AvgIpc) is 3.12. The number of amides is 2. The number of aliphatic hydroxyl groups excluding tert-OH is 1. The number of hydrogen-bond acceptors (Lipinski definition) is 7. The summed E-state index contributed by atoms with van der Waals surface area (Å²) in [6.07, 6.45) is 2.64. The van der Waals surface area contributed by atoms with Gasteiger partial charge in [0.15, 0.2) is 5.75 Å². The van der Waals surface area contributed by atoms with Gasteiger partial charge in [0.05, 0.1) is 29.9 Å². The van der Waals surface area contributed by atoms with E-state index in [2.05, 4.69) is 15.2 Å². The fraction of sp³-hybridized carbons (Fsp3) is 0.265. The number of benzene rings is 3. The van der Waals surface area contributed by atoms with Crippen LogP contribution in [0.1, 0.15) is 40.1 Å². The van der Waals surface area contributed by atoms with Gasteiger partial charge in [0.25, 0.3) is 11.8 Å². The summed E-state index contributed by atoms with van der Waals surface area (Å²) in [6.45, 7) is 4.67. The molecule has 2 N–H and O–H groups in total. The quantitative estimate of drug-likeness (QED) is 0.265. The molecule has 43 heavy (non-hydrogen) atoms. The number of pyridine rings is 1. The number of rotatable bonds is 10. The molecule has 9 heteroatoms. The van der Waals surface area contributed by atoms with Gasteiger partial charge in [-0.15, -0.1) is 0 Å². The zero-order chi connectivity index (χ0) is 30.3. The average molecular weight is 581 g/mol. The minimum Gasteiger partial charge on any atom is -0.484 e. The Morgan fingerprint density at radius 1 is 1.02 bits per heavy atom. The van der Waals surface area contributed by atoms with Crippen molar-refractivity contribution in [2.24, 2.45) is 0 Å². The molecule has 0 saturated carbocycles. The number of aliphatic hydroxyl groups is 1. The van der Waals surface area contributed by atoms with Crippen molar-refractivity contribution in [1.29, 1.82) is 0 Å². The lowest BCUT2D eigenvalue weighted by atomic mass is 10.1. The molecule has 1 aliphatic heterocycles. The maximum absolute atomic E-state index is 13.8. The van der Waals surface area contributed by atoms with Gasteiger partial charge in [-0.05, 0) is 75.0 Å². The molecule has 9 nitrogen and oxygen atoms in total. The number of aromatic nitrogens is 1. The van der Waals surface area contributed by atoms with E-state index in [1.807, 2.05) is 75.5 Å². The Hall–Kier alpha value is -4.73. The maximum atomic E-state index is 13.8. The van der Waals surface area contributed by atoms with E-state index in [4.69, 9.17) is 9.47 Å². The highest BCUT2D eigenvalue weighted by Crippen LogP contribution is 2.36. The van der Waals surface area contributed by atoms with Crippen molar-refractivity contribution in [3.63, 3.8) is 0 Å². The van der Waals surface area contributed by atoms with Gasteiger partial charge < -0.3 is 24.8 Å². The second-order valence-electron chi connectivity index (χ2n) is 10.8. The van der Waals surface area contributed by atoms with Crippen LogP contribution in [0.2, 0.25) is 0 Å². The summed E-state index contributed by atoms with van der Waals surface area (Å²) < 4.78 is 12.5. The van der Waals surface area contributed by atoms with Gasteiger partial charge in [0.1, 0.15) is 17.6 Å². The lowest BCUT2D eigenvalue weighted by molar-refractivity contribution is 0.0250. The van der Waals surface area contributed by atoms with Crippen LogP contribution in [-0.4, -0.2) is 70.1 Å². The van der Waals surface area contributed by atoms with Crippen LogP contribution in [0.5, 0.6) is 17.2 Å². The summed E-state index contributed by atoms with van der Waals surface area (Å²) in [5.41, 5.74) is 2.26. The van der Waals surface area contributed by atoms with Crippen LogP contribution in [0, 0.1) is 0 Å². The first-order valence-corrected chi connectivity index (χ1v) is 14.3. The zero-order valence-electron chi connectivity index (χ0n) is 24.5. The van der Waals surface area contributed by atoms with Crippen molar-refractivity contribution in [3.8, 4) is 17.2 Å². The Morgan fingerprint density at radius 2 is 1.72 bits per heavy atom. The second kappa shape index (κ2) is 13.5. The first kappa shape index (κ1) is 29.8. The molecule has 0 radical (unpaired) electrons. The summed E-state index contributed by atoms with van der Waals surface area (Å²) in [6, 6.07) is 25.1. The third-order valence-electron chi connectivity index (χ3n) is 7.50. The number of carbonyl (C=O) groups is 2. The molecule has 1 aromatic heterocycles. The van der Waals surface area contributed by atoms with Crippen molar-refractivity contribution in [2.75, 3.05) is 25.5 Å². The number of anilines is 1. The minimum atomic E-state index is -0.455. The molecule has 3 aromatic carbocycles. The smallest absolute Gasteiger partial charge is 0.258 e. The van der Waals surface area contributed by atoms with Gasteiger partial charge >= 0.3 is 0 Å². The van der Waals surface area contributed by atoms with Crippen molar-refractivity contribution in [2.45, 2.75) is 38.6 Å². The molecule has 0 bridgehead atoms. The van der Waals surface area contributed by atoms with Crippen molar-refractivity contribution >= 4 is 17.5 Å². The second-order valence-corrected chi connectivity index (χ2v) is 10.8. The number of hydrogen-bond donors (Lipinski definition) is 2. The summed E-state index contributed by atoms with van der Waals surface area (Å²) in [5, 5.41) is 12.9. The molecule has 2 heterocycles. The van der Waals surface area contributed by atoms with Crippen molar-refractivity contribution < 1.29 is 24.2 Å². The van der Waals surface area contributed by atoms with E-state index >= 15 is 0 Å². The van der Waals surface area contributed by atoms with Gasteiger partial charge in [-0.25, -0.2) is 0 Å². The van der Waals surface area contributed by atoms with E-state index in [0.29, 0.717) is 35.7 Å². The Labute approximate surface area is 251 Å². The number of nitrogens with one attached hydrogen (secondary N) is 1. The van der Waals surface area contributed by atoms with Gasteiger partial charge in [0, 0.05) is 31.0 Å². The number of ether oxygens (including phenoxy) is 2. The Bertz CT molecular complexity index is 1530. The third-order valence-corrected chi connectivity index (χ3v) is 7.50. The number of fused-ring (bicyclic) bond motifs is 1. The first-order chi connectivity index (χ1) is 20.8. The molecule has 0 unspecified atom stereocenters. The molecule has 0 fully saturated rings. The van der Waals surface area contributed by atoms with Crippen molar-refractivity contribution in [1.82, 2.24) is 14.8 Å². The summed E-state index contributed by atoms with van der Waals surface area (Å²) >= 11 is 0. The maximum Gasteiger partial charge on any atom is 0.258 e. The van der Waals surface area contributed by atoms with E-state index in [1.54, 1.807) is 47.6 Å². The summed E-state index contributed by atoms with van der Waals surface area (Å²) in [4.78, 5) is 34.6. The van der Waals surface area contributed by atoms with E-state index in [1.165, 1.54) is 0 Å². The number of carbonyl (C=O) groups excluding carboxylic acids is 2. The minimum absolute atomic E-state index is 0.191. The highest BCUT2D eigenvalue weighted by molar-refractivity contribution is 6.07. The van der Waals surface area contributed by atoms with Crippen LogP contribution in [0.3, 0.4) is 0 Å². The van der Waals surface area contributed by atoms with Crippen LogP contribution in [0.15, 0.2) is 97.3 Å². The Morgan fingerprint density at radius 3 is 2.42 bits per heavy atom. The predicted octanol–water partition coefficient (Wildman–Crippen LogP) is 5.23. The first-order valence-electron chi connectivity index (χ1n) is 14.3. The highest BCUT2D eigenvalue weighted by atomic mass is 16.5. The molecule has 2 amide bonds. The van der Waals surface area contributed by atoms with Gasteiger partial charge in [0.2, 0.25) is 0 Å². The van der Waals surface area contributed by atoms with Crippen LogP contribution >= 0.6 is 0 Å². The molecular formula is C34H36N4O5. The van der Waals surface area contributed by atoms with E-state index < -0.39 is 12.1 Å². The zero-order valence-corrected chi connectivity index (χ0v) is 24.5. The van der Waals surface area contributed by atoms with E-state index in [-0.39, 0.29) is 24.5 Å². The van der Waals surface area contributed by atoms with Gasteiger partial charge in [-0.1, -0.05) is 36.4 Å². The number of nitrogens with zero attached hydrogens (tertiary/aromatic N) is 3. The molecule has 5 rings (SSSR count). The fourth-order valence-corrected chi connectivity index (χ4v) is 5.23. The van der Waals surface area contributed by atoms with Crippen LogP contribution in [0.4, 0.5) is 5.69 Å². The summed E-state index contributed by atoms with van der Waals surface area (Å²) in [5.74, 6) is 1.25. The highest BCUT2D eigenvalue weighted by Gasteiger charge is 2.39. The standard InChI is InChI=1S/C34H36N4O5/c1-23(22-39)38-24(2)31(21-37(3)20-25-12-14-28(15-13-25)42-27-8-5-4-6-9-27)43-32-29(34(38)41)10-7-11-30(32)36-33(40)26-16-18-35-19-17-26/h4-19,23-24,31,39H,20-22H2,1-3H3,(H,36,40)/t23-,24-,31+/m0/s1. The molecular weight excluding hydrogens is 544 g/mol. The topological polar surface area (TPSA) is 104 Å².